The first-order chi connectivity index (χ1) is 8.69. The number of likely N-dealkylation sites (tertiary alicyclic amines) is 1. The van der Waals surface area contributed by atoms with Gasteiger partial charge in [-0.05, 0) is 27.2 Å². The van der Waals surface area contributed by atoms with Gasteiger partial charge in [-0.25, -0.2) is 4.79 Å². The highest BCUT2D eigenvalue weighted by Gasteiger charge is 2.33. The van der Waals surface area contributed by atoms with Gasteiger partial charge < -0.3 is 15.0 Å². The number of ether oxygens (including phenoxy) is 1. The summed E-state index contributed by atoms with van der Waals surface area (Å²) in [5, 5.41) is 2.77. The fourth-order valence-electron chi connectivity index (χ4n) is 1.79. The highest BCUT2D eigenvalue weighted by Crippen LogP contribution is 2.19. The van der Waals surface area contributed by atoms with E-state index in [1.807, 2.05) is 20.8 Å². The predicted molar refractivity (Wildman–Crippen MR) is 77.0 cm³/mol. The third kappa shape index (κ3) is 5.63. The minimum absolute atomic E-state index is 0.0494. The highest BCUT2D eigenvalue weighted by atomic mass is 79.9. The zero-order valence-electron chi connectivity index (χ0n) is 11.7. The fraction of sp³-hybridized carbons (Fsp3) is 0.692. The Morgan fingerprint density at radius 2 is 2.11 bits per heavy atom. The van der Waals surface area contributed by atoms with Crippen LogP contribution in [0.4, 0.5) is 4.79 Å². The summed E-state index contributed by atoms with van der Waals surface area (Å²) in [4.78, 5) is 25.3. The van der Waals surface area contributed by atoms with Crippen molar-refractivity contribution < 1.29 is 14.3 Å². The number of hydrogen-bond acceptors (Lipinski definition) is 3. The number of nitrogens with zero attached hydrogens (tertiary/aromatic N) is 1. The maximum Gasteiger partial charge on any atom is 0.410 e. The predicted octanol–water partition coefficient (Wildman–Crippen LogP) is 2.27. The van der Waals surface area contributed by atoms with Gasteiger partial charge >= 0.3 is 6.09 Å². The van der Waals surface area contributed by atoms with E-state index in [2.05, 4.69) is 27.8 Å². The second-order valence-electron chi connectivity index (χ2n) is 5.65. The molecule has 1 N–H and O–H groups in total. The molecule has 1 aliphatic heterocycles. The lowest BCUT2D eigenvalue weighted by atomic mass is 10.1. The molecule has 5 nitrogen and oxygen atoms in total. The number of rotatable bonds is 3. The topological polar surface area (TPSA) is 58.6 Å². The molecule has 0 unspecified atom stereocenters. The van der Waals surface area contributed by atoms with Gasteiger partial charge in [-0.1, -0.05) is 22.5 Å². The van der Waals surface area contributed by atoms with Gasteiger partial charge in [0.1, 0.15) is 5.60 Å². The summed E-state index contributed by atoms with van der Waals surface area (Å²) in [5.74, 6) is -0.217. The van der Waals surface area contributed by atoms with E-state index in [4.69, 9.17) is 4.74 Å². The largest absolute Gasteiger partial charge is 0.444 e. The molecule has 1 saturated heterocycles. The molecule has 0 bridgehead atoms. The maximum atomic E-state index is 11.9. The third-order valence-electron chi connectivity index (χ3n) is 2.67. The van der Waals surface area contributed by atoms with Gasteiger partial charge in [0.25, 0.3) is 0 Å². The molecule has 0 aromatic carbocycles. The van der Waals surface area contributed by atoms with Crippen molar-refractivity contribution in [2.24, 2.45) is 5.92 Å². The lowest BCUT2D eigenvalue weighted by Gasteiger charge is -2.24. The first-order valence-corrected chi connectivity index (χ1v) is 7.07. The quantitative estimate of drug-likeness (QED) is 0.862. The summed E-state index contributed by atoms with van der Waals surface area (Å²) < 4.78 is 6.01. The number of carbonyl (C=O) groups is 2. The fourth-order valence-corrected chi connectivity index (χ4v) is 1.93. The average molecular weight is 333 g/mol. The number of halogens is 1. The monoisotopic (exact) mass is 332 g/mol. The van der Waals surface area contributed by atoms with Gasteiger partial charge in [-0.2, -0.15) is 0 Å². The molecule has 2 amide bonds. The molecular weight excluding hydrogens is 312 g/mol. The van der Waals surface area contributed by atoms with Gasteiger partial charge in [0.15, 0.2) is 0 Å². The molecule has 1 fully saturated rings. The van der Waals surface area contributed by atoms with Crippen molar-refractivity contribution in [3.63, 3.8) is 0 Å². The highest BCUT2D eigenvalue weighted by molar-refractivity contribution is 9.11. The Morgan fingerprint density at radius 3 is 2.63 bits per heavy atom. The Kier molecular flexibility index (Phi) is 5.40. The molecule has 1 rings (SSSR count). The summed E-state index contributed by atoms with van der Waals surface area (Å²) >= 11 is 3.19. The third-order valence-corrected chi connectivity index (χ3v) is 2.95. The van der Waals surface area contributed by atoms with Gasteiger partial charge in [0.05, 0.1) is 5.92 Å². The van der Waals surface area contributed by atoms with E-state index >= 15 is 0 Å². The van der Waals surface area contributed by atoms with Crippen molar-refractivity contribution in [3.05, 3.63) is 11.1 Å². The van der Waals surface area contributed by atoms with Crippen LogP contribution in [0.3, 0.4) is 0 Å². The molecule has 0 saturated carbocycles. The first-order valence-electron chi connectivity index (χ1n) is 6.28. The van der Waals surface area contributed by atoms with Crippen molar-refractivity contribution >= 4 is 27.9 Å². The molecule has 0 aliphatic carbocycles. The molecule has 1 atom stereocenters. The number of hydrogen-bond donors (Lipinski definition) is 1. The lowest BCUT2D eigenvalue weighted by Crippen LogP contribution is -2.37. The average Bonchev–Trinajstić information content (AvgIpc) is 2.72. The van der Waals surface area contributed by atoms with Gasteiger partial charge in [-0.15, -0.1) is 0 Å². The number of nitrogens with one attached hydrogen (secondary N) is 1. The van der Waals surface area contributed by atoms with Crippen LogP contribution >= 0.6 is 15.9 Å². The standard InChI is InChI=1S/C13H21BrN2O3/c1-9(14)7-15-11(17)10-5-6-16(8-10)12(18)19-13(2,3)4/h10H,1,5-8H2,2-4H3,(H,15,17)/t10-/m1/s1. The smallest absolute Gasteiger partial charge is 0.410 e. The van der Waals surface area contributed by atoms with Crippen LogP contribution < -0.4 is 5.32 Å². The van der Waals surface area contributed by atoms with Crippen LogP contribution in [0.25, 0.3) is 0 Å². The van der Waals surface area contributed by atoms with Crippen LogP contribution in [0.15, 0.2) is 11.1 Å². The summed E-state index contributed by atoms with van der Waals surface area (Å²) in [7, 11) is 0. The second-order valence-corrected chi connectivity index (χ2v) is 6.77. The second kappa shape index (κ2) is 6.41. The van der Waals surface area contributed by atoms with Crippen LogP contribution in [0, 0.1) is 5.92 Å². The normalized spacial score (nSPS) is 19.2. The van der Waals surface area contributed by atoms with Gasteiger partial charge in [0, 0.05) is 24.1 Å². The maximum absolute atomic E-state index is 11.9. The number of amides is 2. The van der Waals surface area contributed by atoms with E-state index < -0.39 is 5.60 Å². The van der Waals surface area contributed by atoms with Crippen LogP contribution in [0.5, 0.6) is 0 Å². The van der Waals surface area contributed by atoms with E-state index in [1.165, 1.54) is 0 Å². The molecule has 0 aromatic heterocycles. The first kappa shape index (κ1) is 16.0. The molecule has 19 heavy (non-hydrogen) atoms. The lowest BCUT2D eigenvalue weighted by molar-refractivity contribution is -0.124. The van der Waals surface area contributed by atoms with E-state index in [0.29, 0.717) is 26.1 Å². The van der Waals surface area contributed by atoms with Gasteiger partial charge in [0.2, 0.25) is 5.91 Å². The van der Waals surface area contributed by atoms with E-state index in [0.717, 1.165) is 4.48 Å². The molecule has 6 heteroatoms. The van der Waals surface area contributed by atoms with Crippen LogP contribution in [-0.4, -0.2) is 42.1 Å². The minimum atomic E-state index is -0.509. The SMILES string of the molecule is C=C(Br)CNC(=O)[C@@H]1CCN(C(=O)OC(C)(C)C)C1. The Morgan fingerprint density at radius 1 is 1.47 bits per heavy atom. The summed E-state index contributed by atoms with van der Waals surface area (Å²) in [5.41, 5.74) is -0.509. The number of carbonyl (C=O) groups excluding carboxylic acids is 2. The minimum Gasteiger partial charge on any atom is -0.444 e. The van der Waals surface area contributed by atoms with Crippen LogP contribution in [-0.2, 0) is 9.53 Å². The van der Waals surface area contributed by atoms with E-state index in [-0.39, 0.29) is 17.9 Å². The molecule has 0 spiro atoms. The molecule has 1 aliphatic rings. The van der Waals surface area contributed by atoms with Crippen molar-refractivity contribution in [2.45, 2.75) is 32.8 Å². The molecule has 108 valence electrons. The van der Waals surface area contributed by atoms with Crippen molar-refractivity contribution in [1.82, 2.24) is 10.2 Å². The molecular formula is C13H21BrN2O3. The van der Waals surface area contributed by atoms with Crippen LogP contribution in [0.2, 0.25) is 0 Å². The van der Waals surface area contributed by atoms with Crippen molar-refractivity contribution in [3.8, 4) is 0 Å². The summed E-state index contributed by atoms with van der Waals surface area (Å²) in [6.45, 7) is 10.5. The van der Waals surface area contributed by atoms with Crippen LogP contribution in [0.1, 0.15) is 27.2 Å². The van der Waals surface area contributed by atoms with Gasteiger partial charge in [-0.3, -0.25) is 4.79 Å². The molecule has 0 aromatic rings. The van der Waals surface area contributed by atoms with Crippen molar-refractivity contribution in [1.29, 1.82) is 0 Å². The zero-order chi connectivity index (χ0) is 14.6. The summed E-state index contributed by atoms with van der Waals surface area (Å²) in [6.07, 6.45) is 0.313. The molecule has 1 heterocycles. The summed E-state index contributed by atoms with van der Waals surface area (Å²) in [6, 6.07) is 0. The Hall–Kier alpha value is -1.04. The Labute approximate surface area is 122 Å². The Bertz CT molecular complexity index is 377. The van der Waals surface area contributed by atoms with Crippen molar-refractivity contribution in [2.75, 3.05) is 19.6 Å². The van der Waals surface area contributed by atoms with E-state index in [1.54, 1.807) is 4.90 Å². The molecule has 0 radical (unpaired) electrons. The van der Waals surface area contributed by atoms with E-state index in [9.17, 15) is 9.59 Å². The zero-order valence-corrected chi connectivity index (χ0v) is 13.2. The Balaban J connectivity index is 2.43.